The highest BCUT2D eigenvalue weighted by Crippen LogP contribution is 2.37. The van der Waals surface area contributed by atoms with Crippen molar-refractivity contribution in [1.29, 1.82) is 0 Å². The summed E-state index contributed by atoms with van der Waals surface area (Å²) in [5.41, 5.74) is 10.2. The third-order valence-corrected chi connectivity index (χ3v) is 14.4. The van der Waals surface area contributed by atoms with Crippen LogP contribution >= 0.6 is 0 Å². The molecule has 0 saturated heterocycles. The maximum Gasteiger partial charge on any atom is 0.164 e. The quantitative estimate of drug-likeness (QED) is 0.168. The monoisotopic (exact) mass is 693 g/mol. The molecule has 0 N–H and O–H groups in total. The molecule has 0 spiro atoms. The fourth-order valence-electron chi connectivity index (χ4n) is 8.23. The molecule has 0 aliphatic carbocycles. The van der Waals surface area contributed by atoms with E-state index < -0.39 is 8.07 Å². The van der Waals surface area contributed by atoms with Crippen molar-refractivity contribution in [3.8, 4) is 67.5 Å². The minimum atomic E-state index is -2.15. The van der Waals surface area contributed by atoms with Crippen molar-refractivity contribution in [2.45, 2.75) is 13.1 Å². The molecular formula is C49H35N3Si. The topological polar surface area (TPSA) is 38.7 Å². The molecule has 0 bridgehead atoms. The zero-order chi connectivity index (χ0) is 35.5. The summed E-state index contributed by atoms with van der Waals surface area (Å²) in [6.07, 6.45) is 0. The normalized spacial score (nSPS) is 12.9. The van der Waals surface area contributed by atoms with Crippen LogP contribution in [0, 0.1) is 0 Å². The highest BCUT2D eigenvalue weighted by Gasteiger charge is 2.40. The Bertz CT molecular complexity index is 2860. The van der Waals surface area contributed by atoms with E-state index in [0.717, 1.165) is 33.4 Å². The van der Waals surface area contributed by atoms with Gasteiger partial charge in [0.15, 0.2) is 17.5 Å². The zero-order valence-corrected chi connectivity index (χ0v) is 30.6. The number of hydrogen-bond acceptors (Lipinski definition) is 3. The van der Waals surface area contributed by atoms with Crippen molar-refractivity contribution >= 4 is 40.0 Å². The summed E-state index contributed by atoms with van der Waals surface area (Å²) in [6.45, 7) is 4.93. The lowest BCUT2D eigenvalue weighted by Crippen LogP contribution is -2.50. The van der Waals surface area contributed by atoms with E-state index >= 15 is 0 Å². The molecule has 250 valence electrons. The number of fused-ring (bicyclic) bond motifs is 5. The van der Waals surface area contributed by atoms with E-state index in [1.165, 1.54) is 48.6 Å². The third kappa shape index (κ3) is 5.30. The van der Waals surface area contributed by atoms with E-state index in [4.69, 9.17) is 15.0 Å². The first kappa shape index (κ1) is 31.3. The number of rotatable bonds is 5. The SMILES string of the molecule is C[Si]1(C)c2cc3ccccc3cc2-c2cccc(-c3nc(-c4ccc(-c5ccc6ccccc6c5)cc4)nc(-c4ccccc4-c4ccccc4)n3)c21. The van der Waals surface area contributed by atoms with Crippen molar-refractivity contribution < 1.29 is 0 Å². The molecule has 0 unspecified atom stereocenters. The van der Waals surface area contributed by atoms with Gasteiger partial charge in [-0.15, -0.1) is 0 Å². The Morgan fingerprint density at radius 3 is 1.60 bits per heavy atom. The maximum absolute atomic E-state index is 5.34. The van der Waals surface area contributed by atoms with Crippen LogP contribution in [0.25, 0.3) is 89.1 Å². The van der Waals surface area contributed by atoms with Gasteiger partial charge in [-0.05, 0) is 77.4 Å². The highest BCUT2D eigenvalue weighted by atomic mass is 28.3. The Morgan fingerprint density at radius 2 is 0.849 bits per heavy atom. The molecule has 3 nitrogen and oxygen atoms in total. The number of benzene rings is 8. The van der Waals surface area contributed by atoms with Crippen LogP contribution in [0.2, 0.25) is 13.1 Å². The average Bonchev–Trinajstić information content (AvgIpc) is 3.45. The highest BCUT2D eigenvalue weighted by molar-refractivity contribution is 7.04. The Balaban J connectivity index is 1.15. The van der Waals surface area contributed by atoms with Crippen molar-refractivity contribution in [2.24, 2.45) is 0 Å². The molecule has 0 radical (unpaired) electrons. The summed E-state index contributed by atoms with van der Waals surface area (Å²) < 4.78 is 0. The fourth-order valence-corrected chi connectivity index (χ4v) is 11.7. The van der Waals surface area contributed by atoms with Crippen molar-refractivity contribution in [2.75, 3.05) is 0 Å². The minimum Gasteiger partial charge on any atom is -0.208 e. The van der Waals surface area contributed by atoms with Gasteiger partial charge < -0.3 is 0 Å². The standard InChI is InChI=1S/C49H35N3Si/c1-53(2)45-31-38-18-9-8-17-37(38)30-44(45)41-21-12-22-43(46(41)53)49-51-47(50-48(52-49)42-20-11-10-19-40(42)34-14-4-3-5-15-34)35-26-23-33(24-27-35)39-28-25-32-13-6-7-16-36(32)29-39/h3-31H,1-2H3. The third-order valence-electron chi connectivity index (χ3n) is 10.9. The van der Waals surface area contributed by atoms with Crippen LogP contribution in [0.1, 0.15) is 0 Å². The van der Waals surface area contributed by atoms with Gasteiger partial charge in [-0.3, -0.25) is 0 Å². The second-order valence-electron chi connectivity index (χ2n) is 14.5. The molecule has 0 fully saturated rings. The Labute approximate surface area is 310 Å². The van der Waals surface area contributed by atoms with E-state index in [1.54, 1.807) is 0 Å². The molecule has 1 aromatic heterocycles. The van der Waals surface area contributed by atoms with Gasteiger partial charge >= 0.3 is 0 Å². The summed E-state index contributed by atoms with van der Waals surface area (Å²) >= 11 is 0. The molecule has 0 amide bonds. The van der Waals surface area contributed by atoms with Crippen LogP contribution in [-0.4, -0.2) is 23.0 Å². The van der Waals surface area contributed by atoms with E-state index in [0.29, 0.717) is 17.5 Å². The van der Waals surface area contributed by atoms with E-state index in [1.807, 2.05) is 0 Å². The fraction of sp³-hybridized carbons (Fsp3) is 0.0408. The smallest absolute Gasteiger partial charge is 0.164 e. The van der Waals surface area contributed by atoms with Gasteiger partial charge in [-0.1, -0.05) is 177 Å². The lowest BCUT2D eigenvalue weighted by Gasteiger charge is -2.22. The summed E-state index contributed by atoms with van der Waals surface area (Å²) in [5.74, 6) is 2.04. The van der Waals surface area contributed by atoms with Gasteiger partial charge in [0.1, 0.15) is 8.07 Å². The summed E-state index contributed by atoms with van der Waals surface area (Å²) in [4.78, 5) is 15.9. The molecule has 4 heteroatoms. The predicted molar refractivity (Wildman–Crippen MR) is 224 cm³/mol. The second-order valence-corrected chi connectivity index (χ2v) is 18.7. The first-order valence-corrected chi connectivity index (χ1v) is 21.2. The lowest BCUT2D eigenvalue weighted by atomic mass is 9.98. The molecule has 10 rings (SSSR count). The largest absolute Gasteiger partial charge is 0.208 e. The van der Waals surface area contributed by atoms with E-state index in [9.17, 15) is 0 Å². The van der Waals surface area contributed by atoms with Gasteiger partial charge in [0, 0.05) is 16.7 Å². The van der Waals surface area contributed by atoms with Crippen molar-refractivity contribution in [3.05, 3.63) is 176 Å². The first-order valence-electron chi connectivity index (χ1n) is 18.2. The summed E-state index contributed by atoms with van der Waals surface area (Å²) in [5, 5.41) is 7.88. The van der Waals surface area contributed by atoms with Gasteiger partial charge in [-0.2, -0.15) is 0 Å². The number of hydrogen-bond donors (Lipinski definition) is 0. The van der Waals surface area contributed by atoms with Crippen LogP contribution in [0.5, 0.6) is 0 Å². The minimum absolute atomic E-state index is 0.663. The Kier molecular flexibility index (Phi) is 7.27. The van der Waals surface area contributed by atoms with Crippen molar-refractivity contribution in [1.82, 2.24) is 15.0 Å². The molecule has 0 saturated carbocycles. The number of aromatic nitrogens is 3. The van der Waals surface area contributed by atoms with E-state index in [-0.39, 0.29) is 0 Å². The Morgan fingerprint density at radius 1 is 0.321 bits per heavy atom. The van der Waals surface area contributed by atoms with Crippen LogP contribution in [-0.2, 0) is 0 Å². The van der Waals surface area contributed by atoms with Crippen LogP contribution < -0.4 is 10.4 Å². The zero-order valence-electron chi connectivity index (χ0n) is 29.6. The Hall–Kier alpha value is -6.49. The van der Waals surface area contributed by atoms with Crippen molar-refractivity contribution in [3.63, 3.8) is 0 Å². The summed E-state index contributed by atoms with van der Waals surface area (Å²) in [6, 6.07) is 62.9. The maximum atomic E-state index is 5.34. The molecule has 2 heterocycles. The van der Waals surface area contributed by atoms with E-state index in [2.05, 4.69) is 189 Å². The van der Waals surface area contributed by atoms with Gasteiger partial charge in [0.05, 0.1) is 0 Å². The predicted octanol–water partition coefficient (Wildman–Crippen LogP) is 11.3. The molecule has 1 aliphatic heterocycles. The lowest BCUT2D eigenvalue weighted by molar-refractivity contribution is 1.08. The average molecular weight is 694 g/mol. The molecule has 9 aromatic rings. The van der Waals surface area contributed by atoms with Crippen LogP contribution in [0.4, 0.5) is 0 Å². The molecule has 1 aliphatic rings. The molecule has 8 aromatic carbocycles. The molecule has 53 heavy (non-hydrogen) atoms. The first-order chi connectivity index (χ1) is 26.0. The van der Waals surface area contributed by atoms with Crippen LogP contribution in [0.15, 0.2) is 176 Å². The van der Waals surface area contributed by atoms with Gasteiger partial charge in [0.25, 0.3) is 0 Å². The van der Waals surface area contributed by atoms with Gasteiger partial charge in [0.2, 0.25) is 0 Å². The number of nitrogens with zero attached hydrogens (tertiary/aromatic N) is 3. The molecular weight excluding hydrogens is 659 g/mol. The molecule has 0 atom stereocenters. The van der Waals surface area contributed by atoms with Crippen LogP contribution in [0.3, 0.4) is 0 Å². The van der Waals surface area contributed by atoms with Gasteiger partial charge in [-0.25, -0.2) is 15.0 Å². The second kappa shape index (κ2) is 12.3. The summed E-state index contributed by atoms with van der Waals surface area (Å²) in [7, 11) is -2.15.